The van der Waals surface area contributed by atoms with E-state index in [1.807, 2.05) is 55.5 Å². The molecule has 0 saturated carbocycles. The lowest BCUT2D eigenvalue weighted by Crippen LogP contribution is -2.28. The van der Waals surface area contributed by atoms with Gasteiger partial charge in [0.2, 0.25) is 5.91 Å². The van der Waals surface area contributed by atoms with Crippen LogP contribution in [0.4, 0.5) is 0 Å². The van der Waals surface area contributed by atoms with Crippen molar-refractivity contribution < 1.29 is 13.9 Å². The first-order valence-electron chi connectivity index (χ1n) is 8.46. The van der Waals surface area contributed by atoms with Crippen LogP contribution >= 0.6 is 11.8 Å². The van der Waals surface area contributed by atoms with E-state index in [9.17, 15) is 4.79 Å². The Morgan fingerprint density at radius 3 is 2.67 bits per heavy atom. The van der Waals surface area contributed by atoms with Crippen LogP contribution < -0.4 is 4.74 Å². The summed E-state index contributed by atoms with van der Waals surface area (Å²) in [6, 6.07) is 15.5. The Balaban J connectivity index is 1.59. The standard InChI is InChI=1S/C20H21N3O3S/c1-14-8-4-5-9-15(14)12-23(2)18(24)13-27-20-22-21-19(26-20)16-10-6-7-11-17(16)25-3/h4-11H,12-13H2,1-3H3. The van der Waals surface area contributed by atoms with E-state index in [0.717, 1.165) is 11.1 Å². The molecule has 140 valence electrons. The van der Waals surface area contributed by atoms with Gasteiger partial charge in [0.05, 0.1) is 18.4 Å². The molecule has 0 spiro atoms. The first-order valence-corrected chi connectivity index (χ1v) is 9.45. The minimum atomic E-state index is 0.000273. The van der Waals surface area contributed by atoms with E-state index >= 15 is 0 Å². The molecule has 0 unspecified atom stereocenters. The average Bonchev–Trinajstić information content (AvgIpc) is 3.16. The molecule has 7 heteroatoms. The molecule has 0 N–H and O–H groups in total. The van der Waals surface area contributed by atoms with Crippen molar-refractivity contribution in [1.29, 1.82) is 0 Å². The van der Waals surface area contributed by atoms with Crippen molar-refractivity contribution in [2.75, 3.05) is 19.9 Å². The molecule has 1 heterocycles. The molecular formula is C20H21N3O3S. The van der Waals surface area contributed by atoms with Crippen molar-refractivity contribution >= 4 is 17.7 Å². The van der Waals surface area contributed by atoms with Crippen LogP contribution in [0, 0.1) is 6.92 Å². The van der Waals surface area contributed by atoms with Crippen molar-refractivity contribution in [3.63, 3.8) is 0 Å². The normalized spacial score (nSPS) is 10.6. The van der Waals surface area contributed by atoms with Crippen molar-refractivity contribution in [3.05, 3.63) is 59.7 Å². The van der Waals surface area contributed by atoms with Gasteiger partial charge in [-0.1, -0.05) is 48.2 Å². The lowest BCUT2D eigenvalue weighted by Gasteiger charge is -2.17. The fourth-order valence-electron chi connectivity index (χ4n) is 2.56. The van der Waals surface area contributed by atoms with E-state index in [1.54, 1.807) is 19.1 Å². The fourth-order valence-corrected chi connectivity index (χ4v) is 3.27. The molecule has 3 aromatic rings. The number of para-hydroxylation sites is 1. The molecule has 0 fully saturated rings. The van der Waals surface area contributed by atoms with Gasteiger partial charge in [-0.15, -0.1) is 10.2 Å². The fraction of sp³-hybridized carbons (Fsp3) is 0.250. The van der Waals surface area contributed by atoms with E-state index < -0.39 is 0 Å². The van der Waals surface area contributed by atoms with Crippen LogP contribution in [0.5, 0.6) is 5.75 Å². The number of nitrogens with zero attached hydrogens (tertiary/aromatic N) is 3. The molecule has 0 radical (unpaired) electrons. The minimum Gasteiger partial charge on any atom is -0.496 e. The number of aryl methyl sites for hydroxylation is 1. The predicted octanol–water partition coefficient (Wildman–Crippen LogP) is 3.80. The molecule has 0 aliphatic heterocycles. The van der Waals surface area contributed by atoms with Crippen LogP contribution in [0.1, 0.15) is 11.1 Å². The summed E-state index contributed by atoms with van der Waals surface area (Å²) in [7, 11) is 3.39. The summed E-state index contributed by atoms with van der Waals surface area (Å²) in [5.74, 6) is 1.26. The van der Waals surface area contributed by atoms with Gasteiger partial charge in [0.25, 0.3) is 11.1 Å². The molecule has 1 aromatic heterocycles. The largest absolute Gasteiger partial charge is 0.496 e. The second-order valence-electron chi connectivity index (χ2n) is 6.04. The Morgan fingerprint density at radius 2 is 1.89 bits per heavy atom. The van der Waals surface area contributed by atoms with Gasteiger partial charge < -0.3 is 14.1 Å². The highest BCUT2D eigenvalue weighted by Crippen LogP contribution is 2.30. The highest BCUT2D eigenvalue weighted by Gasteiger charge is 2.16. The molecular weight excluding hydrogens is 362 g/mol. The maximum atomic E-state index is 12.4. The number of carbonyl (C=O) groups is 1. The number of methoxy groups -OCH3 is 1. The van der Waals surface area contributed by atoms with Gasteiger partial charge in [0.15, 0.2) is 0 Å². The molecule has 0 aliphatic carbocycles. The van der Waals surface area contributed by atoms with Gasteiger partial charge >= 0.3 is 0 Å². The zero-order chi connectivity index (χ0) is 19.2. The topological polar surface area (TPSA) is 68.5 Å². The smallest absolute Gasteiger partial charge is 0.277 e. The first kappa shape index (κ1) is 19.0. The van der Waals surface area contributed by atoms with E-state index in [2.05, 4.69) is 10.2 Å². The van der Waals surface area contributed by atoms with Crippen LogP contribution in [0.25, 0.3) is 11.5 Å². The van der Waals surface area contributed by atoms with Gasteiger partial charge in [-0.2, -0.15) is 0 Å². The van der Waals surface area contributed by atoms with E-state index in [0.29, 0.717) is 23.4 Å². The Kier molecular flexibility index (Phi) is 6.13. The van der Waals surface area contributed by atoms with E-state index in [-0.39, 0.29) is 11.7 Å². The third-order valence-corrected chi connectivity index (χ3v) is 4.96. The van der Waals surface area contributed by atoms with Gasteiger partial charge in [-0.3, -0.25) is 4.79 Å². The molecule has 1 amide bonds. The summed E-state index contributed by atoms with van der Waals surface area (Å²) in [6.45, 7) is 2.61. The number of aromatic nitrogens is 2. The lowest BCUT2D eigenvalue weighted by molar-refractivity contribution is -0.127. The zero-order valence-corrected chi connectivity index (χ0v) is 16.3. The number of hydrogen-bond acceptors (Lipinski definition) is 6. The van der Waals surface area contributed by atoms with Crippen molar-refractivity contribution in [1.82, 2.24) is 15.1 Å². The highest BCUT2D eigenvalue weighted by atomic mass is 32.2. The Labute approximate surface area is 162 Å². The average molecular weight is 383 g/mol. The third-order valence-electron chi connectivity index (χ3n) is 4.16. The monoisotopic (exact) mass is 383 g/mol. The SMILES string of the molecule is COc1ccccc1-c1nnc(SCC(=O)N(C)Cc2ccccc2C)o1. The molecule has 0 atom stereocenters. The van der Waals surface area contributed by atoms with E-state index in [1.165, 1.54) is 17.3 Å². The molecule has 27 heavy (non-hydrogen) atoms. The highest BCUT2D eigenvalue weighted by molar-refractivity contribution is 7.99. The number of benzene rings is 2. The second kappa shape index (κ2) is 8.73. The summed E-state index contributed by atoms with van der Waals surface area (Å²) in [4.78, 5) is 14.1. The number of amides is 1. The van der Waals surface area contributed by atoms with Gasteiger partial charge in [-0.05, 0) is 30.2 Å². The summed E-state index contributed by atoms with van der Waals surface area (Å²) >= 11 is 1.23. The molecule has 3 rings (SSSR count). The maximum absolute atomic E-state index is 12.4. The number of rotatable bonds is 7. The van der Waals surface area contributed by atoms with Crippen LogP contribution in [0.2, 0.25) is 0 Å². The number of ether oxygens (including phenoxy) is 1. The Bertz CT molecular complexity index is 926. The Morgan fingerprint density at radius 1 is 1.15 bits per heavy atom. The van der Waals surface area contributed by atoms with Gasteiger partial charge in [-0.25, -0.2) is 0 Å². The first-order chi connectivity index (χ1) is 13.1. The maximum Gasteiger partial charge on any atom is 0.277 e. The third kappa shape index (κ3) is 4.68. The second-order valence-corrected chi connectivity index (χ2v) is 6.96. The zero-order valence-electron chi connectivity index (χ0n) is 15.5. The number of hydrogen-bond donors (Lipinski definition) is 0. The molecule has 2 aromatic carbocycles. The molecule has 6 nitrogen and oxygen atoms in total. The molecule has 0 bridgehead atoms. The van der Waals surface area contributed by atoms with Crippen LogP contribution in [0.15, 0.2) is 58.2 Å². The number of carbonyl (C=O) groups excluding carboxylic acids is 1. The van der Waals surface area contributed by atoms with Gasteiger partial charge in [0.1, 0.15) is 5.75 Å². The van der Waals surface area contributed by atoms with Crippen molar-refractivity contribution in [2.24, 2.45) is 0 Å². The van der Waals surface area contributed by atoms with Crippen molar-refractivity contribution in [2.45, 2.75) is 18.7 Å². The molecule has 0 aliphatic rings. The summed E-state index contributed by atoms with van der Waals surface area (Å²) < 4.78 is 11.0. The summed E-state index contributed by atoms with van der Waals surface area (Å²) in [5.41, 5.74) is 3.03. The summed E-state index contributed by atoms with van der Waals surface area (Å²) in [6.07, 6.45) is 0. The Hall–Kier alpha value is -2.80. The molecule has 0 saturated heterocycles. The minimum absolute atomic E-state index is 0.000273. The van der Waals surface area contributed by atoms with E-state index in [4.69, 9.17) is 9.15 Å². The summed E-state index contributed by atoms with van der Waals surface area (Å²) in [5, 5.41) is 8.43. The van der Waals surface area contributed by atoms with Crippen molar-refractivity contribution in [3.8, 4) is 17.2 Å². The van der Waals surface area contributed by atoms with Crippen LogP contribution in [-0.4, -0.2) is 40.9 Å². The van der Waals surface area contributed by atoms with Crippen LogP contribution in [0.3, 0.4) is 0 Å². The predicted molar refractivity (Wildman–Crippen MR) is 105 cm³/mol. The number of thioether (sulfide) groups is 1. The lowest BCUT2D eigenvalue weighted by atomic mass is 10.1. The quantitative estimate of drug-likeness (QED) is 0.578. The van der Waals surface area contributed by atoms with Crippen LogP contribution in [-0.2, 0) is 11.3 Å². The van der Waals surface area contributed by atoms with Gasteiger partial charge in [0, 0.05) is 13.6 Å².